The minimum atomic E-state index is 0.128. The van der Waals surface area contributed by atoms with Gasteiger partial charge in [0.05, 0.1) is 18.8 Å². The molecule has 2 rings (SSSR count). The minimum Gasteiger partial charge on any atom is -0.471 e. The number of hydrogen-bond acceptors (Lipinski definition) is 5. The lowest BCUT2D eigenvalue weighted by molar-refractivity contribution is 0.137. The van der Waals surface area contributed by atoms with Gasteiger partial charge in [0.1, 0.15) is 18.2 Å². The van der Waals surface area contributed by atoms with Crippen molar-refractivity contribution in [1.82, 2.24) is 9.97 Å². The highest BCUT2D eigenvalue weighted by atomic mass is 16.5. The third-order valence-electron chi connectivity index (χ3n) is 2.44. The second-order valence-electron chi connectivity index (χ2n) is 3.51. The van der Waals surface area contributed by atoms with Gasteiger partial charge in [-0.15, -0.1) is 0 Å². The van der Waals surface area contributed by atoms with Crippen LogP contribution in [0.5, 0.6) is 5.88 Å². The Kier molecular flexibility index (Phi) is 3.01. The molecule has 1 saturated heterocycles. The first-order valence-electron chi connectivity index (χ1n) is 5.05. The number of nitrogens with zero attached hydrogens (tertiary/aromatic N) is 2. The smallest absolute Gasteiger partial charge is 0.221 e. The molecule has 2 heterocycles. The van der Waals surface area contributed by atoms with E-state index in [0.29, 0.717) is 12.5 Å². The van der Waals surface area contributed by atoms with Crippen molar-refractivity contribution < 1.29 is 9.47 Å². The first-order valence-corrected chi connectivity index (χ1v) is 5.05. The second kappa shape index (κ2) is 4.44. The zero-order valence-corrected chi connectivity index (χ0v) is 8.99. The third-order valence-corrected chi connectivity index (χ3v) is 2.44. The predicted molar refractivity (Wildman–Crippen MR) is 56.2 cm³/mol. The zero-order chi connectivity index (χ0) is 10.7. The number of ether oxygens (including phenoxy) is 2. The molecule has 0 amide bonds. The van der Waals surface area contributed by atoms with Crippen LogP contribution in [0.15, 0.2) is 6.33 Å². The molecule has 1 unspecified atom stereocenters. The lowest BCUT2D eigenvalue weighted by atomic mass is 10.3. The van der Waals surface area contributed by atoms with Gasteiger partial charge in [-0.1, -0.05) is 0 Å². The highest BCUT2D eigenvalue weighted by molar-refractivity contribution is 5.46. The predicted octanol–water partition coefficient (Wildman–Crippen LogP) is 0.994. The fourth-order valence-corrected chi connectivity index (χ4v) is 1.57. The standard InChI is InChI=1S/C10H15N3O2/c1-7-9(11-2)12-6-13-10(7)15-8-3-4-14-5-8/h6,8H,3-5H2,1-2H3,(H,11,12,13). The molecule has 1 atom stereocenters. The molecule has 15 heavy (non-hydrogen) atoms. The molecular weight excluding hydrogens is 194 g/mol. The molecule has 0 bridgehead atoms. The SMILES string of the molecule is CNc1ncnc(OC2CCOC2)c1C. The quantitative estimate of drug-likeness (QED) is 0.804. The van der Waals surface area contributed by atoms with Crippen molar-refractivity contribution in [2.24, 2.45) is 0 Å². The Hall–Kier alpha value is -1.36. The molecule has 0 aromatic carbocycles. The Labute approximate surface area is 88.8 Å². The molecule has 1 aliphatic heterocycles. The van der Waals surface area contributed by atoms with E-state index in [-0.39, 0.29) is 6.10 Å². The Morgan fingerprint density at radius 3 is 3.07 bits per heavy atom. The van der Waals surface area contributed by atoms with Gasteiger partial charge in [0, 0.05) is 13.5 Å². The molecule has 1 aliphatic rings. The first kappa shape index (κ1) is 10.2. The van der Waals surface area contributed by atoms with Gasteiger partial charge < -0.3 is 14.8 Å². The Morgan fingerprint density at radius 1 is 1.53 bits per heavy atom. The molecule has 0 spiro atoms. The minimum absolute atomic E-state index is 0.128. The van der Waals surface area contributed by atoms with Crippen molar-refractivity contribution in [2.45, 2.75) is 19.4 Å². The van der Waals surface area contributed by atoms with E-state index >= 15 is 0 Å². The van der Waals surface area contributed by atoms with Crippen LogP contribution in [0.3, 0.4) is 0 Å². The fourth-order valence-electron chi connectivity index (χ4n) is 1.57. The number of rotatable bonds is 3. The van der Waals surface area contributed by atoms with Gasteiger partial charge >= 0.3 is 0 Å². The van der Waals surface area contributed by atoms with Gasteiger partial charge in [0.2, 0.25) is 5.88 Å². The fraction of sp³-hybridized carbons (Fsp3) is 0.600. The van der Waals surface area contributed by atoms with Crippen molar-refractivity contribution in [1.29, 1.82) is 0 Å². The largest absolute Gasteiger partial charge is 0.471 e. The van der Waals surface area contributed by atoms with Crippen LogP contribution in [-0.2, 0) is 4.74 Å². The van der Waals surface area contributed by atoms with Crippen molar-refractivity contribution in [3.05, 3.63) is 11.9 Å². The van der Waals surface area contributed by atoms with Crippen LogP contribution in [0.1, 0.15) is 12.0 Å². The maximum absolute atomic E-state index is 5.73. The molecule has 82 valence electrons. The van der Waals surface area contributed by atoms with Gasteiger partial charge in [0.15, 0.2) is 0 Å². The van der Waals surface area contributed by atoms with E-state index in [1.54, 1.807) is 0 Å². The summed E-state index contributed by atoms with van der Waals surface area (Å²) in [6.07, 6.45) is 2.56. The summed E-state index contributed by atoms with van der Waals surface area (Å²) in [7, 11) is 1.83. The zero-order valence-electron chi connectivity index (χ0n) is 8.99. The van der Waals surface area contributed by atoms with E-state index in [2.05, 4.69) is 15.3 Å². The van der Waals surface area contributed by atoms with Gasteiger partial charge in [-0.25, -0.2) is 9.97 Å². The molecule has 5 heteroatoms. The maximum atomic E-state index is 5.73. The highest BCUT2D eigenvalue weighted by Crippen LogP contribution is 2.22. The van der Waals surface area contributed by atoms with Crippen molar-refractivity contribution >= 4 is 5.82 Å². The maximum Gasteiger partial charge on any atom is 0.221 e. The summed E-state index contributed by atoms with van der Waals surface area (Å²) in [6, 6.07) is 0. The van der Waals surface area contributed by atoms with E-state index in [1.807, 2.05) is 14.0 Å². The van der Waals surface area contributed by atoms with E-state index in [9.17, 15) is 0 Å². The van der Waals surface area contributed by atoms with Crippen molar-refractivity contribution in [3.8, 4) is 5.88 Å². The Morgan fingerprint density at radius 2 is 2.40 bits per heavy atom. The van der Waals surface area contributed by atoms with Crippen LogP contribution >= 0.6 is 0 Å². The average molecular weight is 209 g/mol. The lowest BCUT2D eigenvalue weighted by Crippen LogP contribution is -2.17. The first-order chi connectivity index (χ1) is 7.31. The molecule has 0 aliphatic carbocycles. The Bertz CT molecular complexity index is 337. The topological polar surface area (TPSA) is 56.3 Å². The summed E-state index contributed by atoms with van der Waals surface area (Å²) < 4.78 is 11.0. The van der Waals surface area contributed by atoms with Crippen LogP contribution in [0.2, 0.25) is 0 Å². The van der Waals surface area contributed by atoms with E-state index in [1.165, 1.54) is 6.33 Å². The van der Waals surface area contributed by atoms with Crippen LogP contribution in [0, 0.1) is 6.92 Å². The Balaban J connectivity index is 2.13. The van der Waals surface area contributed by atoms with Crippen LogP contribution in [-0.4, -0.2) is 36.3 Å². The van der Waals surface area contributed by atoms with E-state index < -0.39 is 0 Å². The summed E-state index contributed by atoms with van der Waals surface area (Å²) >= 11 is 0. The summed E-state index contributed by atoms with van der Waals surface area (Å²) in [5.74, 6) is 1.45. The van der Waals surface area contributed by atoms with Crippen LogP contribution in [0.25, 0.3) is 0 Å². The average Bonchev–Trinajstić information content (AvgIpc) is 2.74. The number of hydrogen-bond donors (Lipinski definition) is 1. The molecule has 1 N–H and O–H groups in total. The molecule has 1 fully saturated rings. The molecule has 0 saturated carbocycles. The molecule has 0 radical (unpaired) electrons. The van der Waals surface area contributed by atoms with Crippen molar-refractivity contribution in [3.63, 3.8) is 0 Å². The lowest BCUT2D eigenvalue weighted by Gasteiger charge is -2.13. The summed E-state index contributed by atoms with van der Waals surface area (Å²) in [5, 5.41) is 3.00. The van der Waals surface area contributed by atoms with Gasteiger partial charge in [-0.05, 0) is 6.92 Å². The second-order valence-corrected chi connectivity index (χ2v) is 3.51. The number of nitrogens with one attached hydrogen (secondary N) is 1. The monoisotopic (exact) mass is 209 g/mol. The normalized spacial score (nSPS) is 20.3. The summed E-state index contributed by atoms with van der Waals surface area (Å²) in [5.41, 5.74) is 0.937. The number of aromatic nitrogens is 2. The van der Waals surface area contributed by atoms with Gasteiger partial charge in [-0.3, -0.25) is 0 Å². The van der Waals surface area contributed by atoms with Gasteiger partial charge in [-0.2, -0.15) is 0 Å². The van der Waals surface area contributed by atoms with Gasteiger partial charge in [0.25, 0.3) is 0 Å². The highest BCUT2D eigenvalue weighted by Gasteiger charge is 2.19. The van der Waals surface area contributed by atoms with Crippen LogP contribution < -0.4 is 10.1 Å². The van der Waals surface area contributed by atoms with Crippen LogP contribution in [0.4, 0.5) is 5.82 Å². The van der Waals surface area contributed by atoms with E-state index in [0.717, 1.165) is 24.4 Å². The molecular formula is C10H15N3O2. The summed E-state index contributed by atoms with van der Waals surface area (Å²) in [6.45, 7) is 3.36. The van der Waals surface area contributed by atoms with Crippen molar-refractivity contribution in [2.75, 3.05) is 25.6 Å². The molecule has 1 aromatic rings. The molecule has 5 nitrogen and oxygen atoms in total. The number of anilines is 1. The summed E-state index contributed by atoms with van der Waals surface area (Å²) in [4.78, 5) is 8.22. The van der Waals surface area contributed by atoms with E-state index in [4.69, 9.17) is 9.47 Å². The third kappa shape index (κ3) is 2.18. The molecule has 1 aromatic heterocycles.